The minimum atomic E-state index is -0.0300. The average Bonchev–Trinajstić information content (AvgIpc) is 3.14. The van der Waals surface area contributed by atoms with E-state index in [1.807, 2.05) is 30.3 Å². The van der Waals surface area contributed by atoms with Crippen molar-refractivity contribution >= 4 is 11.0 Å². The molecule has 110 valence electrons. The largest absolute Gasteiger partial charge is 0.464 e. The van der Waals surface area contributed by atoms with Gasteiger partial charge < -0.3 is 14.2 Å². The molecule has 3 rings (SSSR count). The summed E-state index contributed by atoms with van der Waals surface area (Å²) in [5.41, 5.74) is 0.915. The fraction of sp³-hybridized carbons (Fsp3) is 0.333. The van der Waals surface area contributed by atoms with Crippen molar-refractivity contribution in [2.45, 2.75) is 32.7 Å². The van der Waals surface area contributed by atoms with E-state index in [2.05, 4.69) is 31.3 Å². The van der Waals surface area contributed by atoms with Gasteiger partial charge in [-0.2, -0.15) is 0 Å². The molecule has 0 spiro atoms. The molecule has 0 saturated heterocycles. The standard InChI is InChI=1S/C18H21NO2/c1-3-11-19-18(16-10-9-14(4-2)20-16)17-12-13-7-5-6-8-15(13)21-17/h5-10,12,18-19H,3-4,11H2,1-2H3. The summed E-state index contributed by atoms with van der Waals surface area (Å²) in [4.78, 5) is 0. The molecule has 3 nitrogen and oxygen atoms in total. The zero-order valence-electron chi connectivity index (χ0n) is 12.6. The molecule has 1 N–H and O–H groups in total. The van der Waals surface area contributed by atoms with Crippen molar-refractivity contribution in [2.75, 3.05) is 6.54 Å². The molecular weight excluding hydrogens is 262 g/mol. The lowest BCUT2D eigenvalue weighted by Gasteiger charge is -2.13. The van der Waals surface area contributed by atoms with Crippen molar-refractivity contribution in [2.24, 2.45) is 0 Å². The van der Waals surface area contributed by atoms with Crippen LogP contribution in [0.3, 0.4) is 0 Å². The molecule has 1 atom stereocenters. The van der Waals surface area contributed by atoms with Crippen LogP contribution in [0.1, 0.15) is 43.6 Å². The number of hydrogen-bond acceptors (Lipinski definition) is 3. The third-order valence-corrected chi connectivity index (χ3v) is 3.64. The first-order chi connectivity index (χ1) is 10.3. The van der Waals surface area contributed by atoms with E-state index in [1.54, 1.807) is 0 Å². The lowest BCUT2D eigenvalue weighted by Crippen LogP contribution is -2.22. The topological polar surface area (TPSA) is 38.3 Å². The molecule has 21 heavy (non-hydrogen) atoms. The van der Waals surface area contributed by atoms with Gasteiger partial charge in [-0.1, -0.05) is 32.0 Å². The fourth-order valence-electron chi connectivity index (χ4n) is 2.51. The molecule has 0 amide bonds. The summed E-state index contributed by atoms with van der Waals surface area (Å²) in [6, 6.07) is 14.2. The molecule has 0 aliphatic heterocycles. The van der Waals surface area contributed by atoms with E-state index in [4.69, 9.17) is 8.83 Å². The van der Waals surface area contributed by atoms with Crippen LogP contribution in [0, 0.1) is 0 Å². The molecule has 3 aromatic rings. The van der Waals surface area contributed by atoms with Gasteiger partial charge in [0.05, 0.1) is 0 Å². The maximum absolute atomic E-state index is 6.00. The number of furan rings is 2. The second-order valence-corrected chi connectivity index (χ2v) is 5.23. The molecule has 2 aromatic heterocycles. The van der Waals surface area contributed by atoms with Crippen molar-refractivity contribution < 1.29 is 8.83 Å². The van der Waals surface area contributed by atoms with E-state index in [0.29, 0.717) is 0 Å². The Labute approximate surface area is 124 Å². The maximum Gasteiger partial charge on any atom is 0.134 e. The monoisotopic (exact) mass is 283 g/mol. The van der Waals surface area contributed by atoms with Crippen LogP contribution in [-0.2, 0) is 6.42 Å². The first-order valence-corrected chi connectivity index (χ1v) is 7.62. The van der Waals surface area contributed by atoms with Crippen molar-refractivity contribution in [1.82, 2.24) is 5.32 Å². The zero-order chi connectivity index (χ0) is 14.7. The average molecular weight is 283 g/mol. The van der Waals surface area contributed by atoms with Crippen LogP contribution in [0.5, 0.6) is 0 Å². The molecule has 0 bridgehead atoms. The second-order valence-electron chi connectivity index (χ2n) is 5.23. The van der Waals surface area contributed by atoms with Crippen LogP contribution >= 0.6 is 0 Å². The molecule has 2 heterocycles. The molecule has 0 saturated carbocycles. The van der Waals surface area contributed by atoms with Crippen molar-refractivity contribution in [3.63, 3.8) is 0 Å². The van der Waals surface area contributed by atoms with Gasteiger partial charge in [0.2, 0.25) is 0 Å². The Hall–Kier alpha value is -2.00. The summed E-state index contributed by atoms with van der Waals surface area (Å²) in [5.74, 6) is 2.82. The van der Waals surface area contributed by atoms with E-state index in [0.717, 1.165) is 47.6 Å². The number of para-hydroxylation sites is 1. The first kappa shape index (κ1) is 14.0. The quantitative estimate of drug-likeness (QED) is 0.714. The molecule has 3 heteroatoms. The van der Waals surface area contributed by atoms with Gasteiger partial charge in [0.1, 0.15) is 28.9 Å². The molecule has 0 radical (unpaired) electrons. The summed E-state index contributed by atoms with van der Waals surface area (Å²) in [6.07, 6.45) is 1.97. The summed E-state index contributed by atoms with van der Waals surface area (Å²) in [5, 5.41) is 4.64. The molecule has 1 aromatic carbocycles. The highest BCUT2D eigenvalue weighted by molar-refractivity contribution is 5.77. The Morgan fingerprint density at radius 1 is 1.00 bits per heavy atom. The van der Waals surface area contributed by atoms with Crippen LogP contribution in [0.15, 0.2) is 51.3 Å². The highest BCUT2D eigenvalue weighted by atomic mass is 16.4. The fourth-order valence-corrected chi connectivity index (χ4v) is 2.51. The first-order valence-electron chi connectivity index (χ1n) is 7.62. The van der Waals surface area contributed by atoms with Crippen LogP contribution in [0.2, 0.25) is 0 Å². The highest BCUT2D eigenvalue weighted by Gasteiger charge is 2.21. The SMILES string of the molecule is CCCNC(c1ccc(CC)o1)c1cc2ccccc2o1. The lowest BCUT2D eigenvalue weighted by molar-refractivity contribution is 0.385. The molecule has 0 aliphatic carbocycles. The van der Waals surface area contributed by atoms with E-state index in [9.17, 15) is 0 Å². The Kier molecular flexibility index (Phi) is 4.11. The van der Waals surface area contributed by atoms with Gasteiger partial charge in [-0.15, -0.1) is 0 Å². The second kappa shape index (κ2) is 6.19. The molecule has 0 fully saturated rings. The highest BCUT2D eigenvalue weighted by Crippen LogP contribution is 2.29. The molecule has 0 aliphatic rings. The van der Waals surface area contributed by atoms with Crippen LogP contribution in [0.4, 0.5) is 0 Å². The lowest BCUT2D eigenvalue weighted by atomic mass is 10.1. The zero-order valence-corrected chi connectivity index (χ0v) is 12.6. The normalized spacial score (nSPS) is 12.9. The van der Waals surface area contributed by atoms with Crippen LogP contribution < -0.4 is 5.32 Å². The number of hydrogen-bond donors (Lipinski definition) is 1. The Morgan fingerprint density at radius 2 is 1.86 bits per heavy atom. The number of aryl methyl sites for hydroxylation is 1. The van der Waals surface area contributed by atoms with E-state index in [1.165, 1.54) is 0 Å². The van der Waals surface area contributed by atoms with E-state index < -0.39 is 0 Å². The smallest absolute Gasteiger partial charge is 0.134 e. The van der Waals surface area contributed by atoms with Crippen LogP contribution in [0.25, 0.3) is 11.0 Å². The third-order valence-electron chi connectivity index (χ3n) is 3.64. The summed E-state index contributed by atoms with van der Waals surface area (Å²) < 4.78 is 11.9. The summed E-state index contributed by atoms with van der Waals surface area (Å²) in [6.45, 7) is 5.17. The van der Waals surface area contributed by atoms with Gasteiger partial charge in [0, 0.05) is 11.8 Å². The predicted molar refractivity (Wildman–Crippen MR) is 84.4 cm³/mol. The van der Waals surface area contributed by atoms with Gasteiger partial charge in [-0.25, -0.2) is 0 Å². The molecular formula is C18H21NO2. The van der Waals surface area contributed by atoms with Gasteiger partial charge in [-0.3, -0.25) is 0 Å². The minimum Gasteiger partial charge on any atom is -0.464 e. The predicted octanol–water partition coefficient (Wildman–Crippen LogP) is 4.68. The Balaban J connectivity index is 1.97. The van der Waals surface area contributed by atoms with Crippen LogP contribution in [-0.4, -0.2) is 6.54 Å². The number of fused-ring (bicyclic) bond motifs is 1. The number of benzene rings is 1. The third kappa shape index (κ3) is 2.88. The van der Waals surface area contributed by atoms with E-state index in [-0.39, 0.29) is 6.04 Å². The van der Waals surface area contributed by atoms with Gasteiger partial charge in [0.15, 0.2) is 0 Å². The number of rotatable bonds is 6. The van der Waals surface area contributed by atoms with Crippen molar-refractivity contribution in [1.29, 1.82) is 0 Å². The summed E-state index contributed by atoms with van der Waals surface area (Å²) in [7, 11) is 0. The van der Waals surface area contributed by atoms with Gasteiger partial charge in [0.25, 0.3) is 0 Å². The number of nitrogens with one attached hydrogen (secondary N) is 1. The molecule has 1 unspecified atom stereocenters. The minimum absolute atomic E-state index is 0.0300. The van der Waals surface area contributed by atoms with Crippen molar-refractivity contribution in [3.8, 4) is 0 Å². The Bertz CT molecular complexity index is 678. The summed E-state index contributed by atoms with van der Waals surface area (Å²) >= 11 is 0. The van der Waals surface area contributed by atoms with Gasteiger partial charge in [-0.05, 0) is 37.2 Å². The van der Waals surface area contributed by atoms with Crippen molar-refractivity contribution in [3.05, 3.63) is 59.7 Å². The Morgan fingerprint density at radius 3 is 2.57 bits per heavy atom. The maximum atomic E-state index is 6.00. The van der Waals surface area contributed by atoms with Gasteiger partial charge >= 0.3 is 0 Å². The van der Waals surface area contributed by atoms with E-state index >= 15 is 0 Å².